The average molecular weight is 331 g/mol. The van der Waals surface area contributed by atoms with E-state index < -0.39 is 8.07 Å². The van der Waals surface area contributed by atoms with Crippen LogP contribution in [0.2, 0.25) is 25.7 Å². The number of halogens is 1. The highest BCUT2D eigenvalue weighted by molar-refractivity contribution is 9.10. The minimum atomic E-state index is -1.17. The van der Waals surface area contributed by atoms with Crippen molar-refractivity contribution in [1.82, 2.24) is 0 Å². The largest absolute Gasteiger partial charge is 0.462 e. The number of aliphatic hydroxyl groups is 1. The highest BCUT2D eigenvalue weighted by Gasteiger charge is 2.15. The van der Waals surface area contributed by atoms with Crippen molar-refractivity contribution in [3.05, 3.63) is 33.8 Å². The summed E-state index contributed by atoms with van der Waals surface area (Å²) in [5.74, 6) is -0.307. The van der Waals surface area contributed by atoms with Crippen molar-refractivity contribution in [2.45, 2.75) is 32.3 Å². The third-order valence-electron chi connectivity index (χ3n) is 2.54. The molecule has 18 heavy (non-hydrogen) atoms. The summed E-state index contributed by atoms with van der Waals surface area (Å²) >= 11 is 3.31. The first-order valence-corrected chi connectivity index (χ1v) is 10.4. The zero-order valence-corrected chi connectivity index (χ0v) is 13.6. The van der Waals surface area contributed by atoms with E-state index in [9.17, 15) is 4.79 Å². The van der Waals surface area contributed by atoms with E-state index in [-0.39, 0.29) is 12.6 Å². The maximum atomic E-state index is 11.8. The van der Waals surface area contributed by atoms with Crippen LogP contribution < -0.4 is 0 Å². The van der Waals surface area contributed by atoms with Crippen molar-refractivity contribution in [2.75, 3.05) is 6.61 Å². The van der Waals surface area contributed by atoms with E-state index in [0.717, 1.165) is 16.1 Å². The molecule has 1 aromatic rings. The quantitative estimate of drug-likeness (QED) is 0.664. The molecule has 0 amide bonds. The van der Waals surface area contributed by atoms with Gasteiger partial charge in [-0.2, -0.15) is 0 Å². The summed E-state index contributed by atoms with van der Waals surface area (Å²) in [5.41, 5.74) is 1.27. The molecule has 0 aliphatic heterocycles. The second kappa shape index (κ2) is 6.50. The lowest BCUT2D eigenvalue weighted by molar-refractivity contribution is 0.0525. The Hall–Kier alpha value is -0.653. The third kappa shape index (κ3) is 4.92. The molecule has 0 radical (unpaired) electrons. The van der Waals surface area contributed by atoms with Gasteiger partial charge in [-0.25, -0.2) is 4.79 Å². The second-order valence-electron chi connectivity index (χ2n) is 5.41. The van der Waals surface area contributed by atoms with Crippen LogP contribution in [0, 0.1) is 0 Å². The molecule has 0 aromatic heterocycles. The van der Waals surface area contributed by atoms with E-state index in [1.54, 1.807) is 18.2 Å². The van der Waals surface area contributed by atoms with Gasteiger partial charge < -0.3 is 9.84 Å². The molecule has 1 N–H and O–H groups in total. The van der Waals surface area contributed by atoms with Crippen LogP contribution in [-0.4, -0.2) is 25.8 Å². The molecule has 0 aliphatic carbocycles. The summed E-state index contributed by atoms with van der Waals surface area (Å²) in [6, 6.07) is 6.05. The zero-order valence-electron chi connectivity index (χ0n) is 11.0. The Morgan fingerprint density at radius 2 is 2.06 bits per heavy atom. The van der Waals surface area contributed by atoms with Gasteiger partial charge in [-0.15, -0.1) is 0 Å². The van der Waals surface area contributed by atoms with Crippen molar-refractivity contribution in [3.63, 3.8) is 0 Å². The molecule has 3 nitrogen and oxygen atoms in total. The van der Waals surface area contributed by atoms with Crippen LogP contribution in [0.4, 0.5) is 0 Å². The molecule has 0 spiro atoms. The summed E-state index contributed by atoms with van der Waals surface area (Å²) in [7, 11) is -1.17. The number of benzene rings is 1. The van der Waals surface area contributed by atoms with E-state index in [1.165, 1.54) is 0 Å². The predicted octanol–water partition coefficient (Wildman–Crippen LogP) is 3.44. The van der Waals surface area contributed by atoms with Crippen LogP contribution in [0.15, 0.2) is 22.7 Å². The van der Waals surface area contributed by atoms with Crippen LogP contribution in [-0.2, 0) is 11.3 Å². The molecule has 0 saturated carbocycles. The first-order valence-electron chi connectivity index (χ1n) is 5.90. The predicted molar refractivity (Wildman–Crippen MR) is 78.5 cm³/mol. The van der Waals surface area contributed by atoms with E-state index in [1.807, 2.05) is 0 Å². The number of esters is 1. The topological polar surface area (TPSA) is 46.5 Å². The normalized spacial score (nSPS) is 11.4. The molecule has 0 atom stereocenters. The first-order chi connectivity index (χ1) is 8.33. The van der Waals surface area contributed by atoms with Crippen LogP contribution in [0.25, 0.3) is 0 Å². The minimum absolute atomic E-state index is 0.0501. The molecule has 0 bridgehead atoms. The maximum absolute atomic E-state index is 11.8. The van der Waals surface area contributed by atoms with Gasteiger partial charge in [-0.05, 0) is 23.7 Å². The Kier molecular flexibility index (Phi) is 5.56. The van der Waals surface area contributed by atoms with E-state index in [0.29, 0.717) is 12.2 Å². The van der Waals surface area contributed by atoms with Gasteiger partial charge >= 0.3 is 5.97 Å². The Morgan fingerprint density at radius 3 is 2.56 bits per heavy atom. The fraction of sp³-hybridized carbons (Fsp3) is 0.462. The van der Waals surface area contributed by atoms with Gasteiger partial charge in [-0.1, -0.05) is 41.6 Å². The number of carbonyl (C=O) groups excluding carboxylic acids is 1. The van der Waals surface area contributed by atoms with Crippen LogP contribution in [0.3, 0.4) is 0 Å². The molecule has 0 heterocycles. The van der Waals surface area contributed by atoms with Gasteiger partial charge in [-0.3, -0.25) is 0 Å². The molecule has 1 aromatic carbocycles. The zero-order chi connectivity index (χ0) is 13.8. The van der Waals surface area contributed by atoms with Crippen molar-refractivity contribution in [1.29, 1.82) is 0 Å². The van der Waals surface area contributed by atoms with Gasteiger partial charge in [0.1, 0.15) is 0 Å². The maximum Gasteiger partial charge on any atom is 0.338 e. The van der Waals surface area contributed by atoms with Gasteiger partial charge in [0, 0.05) is 12.5 Å². The summed E-state index contributed by atoms with van der Waals surface area (Å²) in [5, 5.41) is 9.04. The summed E-state index contributed by atoms with van der Waals surface area (Å²) in [4.78, 5) is 11.8. The molecule has 1 rings (SSSR count). The highest BCUT2D eigenvalue weighted by atomic mass is 79.9. The van der Waals surface area contributed by atoms with Crippen LogP contribution in [0.1, 0.15) is 15.9 Å². The van der Waals surface area contributed by atoms with Gasteiger partial charge in [0.25, 0.3) is 0 Å². The summed E-state index contributed by atoms with van der Waals surface area (Å²) in [6.07, 6.45) is 0. The monoisotopic (exact) mass is 330 g/mol. The van der Waals surface area contributed by atoms with E-state index in [4.69, 9.17) is 9.84 Å². The number of rotatable bonds is 5. The van der Waals surface area contributed by atoms with E-state index >= 15 is 0 Å². The van der Waals surface area contributed by atoms with Gasteiger partial charge in [0.15, 0.2) is 0 Å². The number of aliphatic hydroxyl groups excluding tert-OH is 1. The minimum Gasteiger partial charge on any atom is -0.462 e. The van der Waals surface area contributed by atoms with Crippen molar-refractivity contribution in [3.8, 4) is 0 Å². The standard InChI is InChI=1S/C13H19BrO3Si/c1-18(2,3)7-6-17-13(16)10-4-5-11(9-15)12(14)8-10/h4-5,8,15H,6-7,9H2,1-3H3. The number of hydrogen-bond acceptors (Lipinski definition) is 3. The highest BCUT2D eigenvalue weighted by Crippen LogP contribution is 2.19. The lowest BCUT2D eigenvalue weighted by atomic mass is 10.1. The van der Waals surface area contributed by atoms with Crippen molar-refractivity contribution < 1.29 is 14.6 Å². The molecular weight excluding hydrogens is 312 g/mol. The van der Waals surface area contributed by atoms with Crippen molar-refractivity contribution in [2.24, 2.45) is 0 Å². The Labute approximate surface area is 117 Å². The molecule has 100 valence electrons. The molecular formula is C13H19BrO3Si. The average Bonchev–Trinajstić information content (AvgIpc) is 2.27. The van der Waals surface area contributed by atoms with Crippen LogP contribution >= 0.6 is 15.9 Å². The van der Waals surface area contributed by atoms with E-state index in [2.05, 4.69) is 35.6 Å². The molecule has 5 heteroatoms. The van der Waals surface area contributed by atoms with Gasteiger partial charge in [0.05, 0.1) is 18.8 Å². The first kappa shape index (κ1) is 15.4. The lowest BCUT2D eigenvalue weighted by Gasteiger charge is -2.15. The molecule has 0 saturated heterocycles. The number of carbonyl (C=O) groups is 1. The lowest BCUT2D eigenvalue weighted by Crippen LogP contribution is -2.22. The molecule has 0 fully saturated rings. The van der Waals surface area contributed by atoms with Gasteiger partial charge in [0.2, 0.25) is 0 Å². The fourth-order valence-electron chi connectivity index (χ4n) is 1.34. The molecule has 0 unspecified atom stereocenters. The number of hydrogen-bond donors (Lipinski definition) is 1. The summed E-state index contributed by atoms with van der Waals surface area (Å²) in [6.45, 7) is 7.16. The second-order valence-corrected chi connectivity index (χ2v) is 11.9. The van der Waals surface area contributed by atoms with Crippen LogP contribution in [0.5, 0.6) is 0 Å². The Bertz CT molecular complexity index is 427. The smallest absolute Gasteiger partial charge is 0.338 e. The molecule has 0 aliphatic rings. The Morgan fingerprint density at radius 1 is 1.39 bits per heavy atom. The Balaban J connectivity index is 2.59. The number of ether oxygens (including phenoxy) is 1. The SMILES string of the molecule is C[Si](C)(C)CCOC(=O)c1ccc(CO)c(Br)c1. The fourth-order valence-corrected chi connectivity index (χ4v) is 2.55. The van der Waals surface area contributed by atoms with Crippen molar-refractivity contribution >= 4 is 30.0 Å². The summed E-state index contributed by atoms with van der Waals surface area (Å²) < 4.78 is 5.97. The third-order valence-corrected chi connectivity index (χ3v) is 4.99.